The Balaban J connectivity index is 2.53. The average Bonchev–Trinajstić information content (AvgIpc) is 2.47. The Kier molecular flexibility index (Phi) is 3.02. The first-order chi connectivity index (χ1) is 6.11. The summed E-state index contributed by atoms with van der Waals surface area (Å²) in [6, 6.07) is 1.86. The van der Waals surface area contributed by atoms with Gasteiger partial charge in [0.1, 0.15) is 0 Å². The zero-order chi connectivity index (χ0) is 9.84. The number of nitrogens with zero attached hydrogens (tertiary/aromatic N) is 2. The number of carboxylic acid groups (broad SMARTS) is 1. The number of hydrogen-bond donors (Lipinski definition) is 2. The number of aliphatic carboxylic acids is 1. The summed E-state index contributed by atoms with van der Waals surface area (Å²) in [6.07, 6.45) is 1.69. The SMILES string of the molecule is CC(NCC(=O)O)c1ccnn1C. The Morgan fingerprint density at radius 3 is 3.00 bits per heavy atom. The first kappa shape index (κ1) is 9.73. The lowest BCUT2D eigenvalue weighted by molar-refractivity contribution is -0.136. The highest BCUT2D eigenvalue weighted by atomic mass is 16.4. The second-order valence-corrected chi connectivity index (χ2v) is 2.88. The largest absolute Gasteiger partial charge is 0.480 e. The van der Waals surface area contributed by atoms with Gasteiger partial charge in [0.2, 0.25) is 0 Å². The van der Waals surface area contributed by atoms with Crippen LogP contribution < -0.4 is 5.32 Å². The maximum Gasteiger partial charge on any atom is 0.317 e. The summed E-state index contributed by atoms with van der Waals surface area (Å²) in [7, 11) is 1.83. The summed E-state index contributed by atoms with van der Waals surface area (Å²) in [5.41, 5.74) is 0.973. The van der Waals surface area contributed by atoms with E-state index >= 15 is 0 Å². The van der Waals surface area contributed by atoms with Gasteiger partial charge in [-0.3, -0.25) is 14.8 Å². The molecule has 0 radical (unpaired) electrons. The minimum absolute atomic E-state index is 0.00333. The van der Waals surface area contributed by atoms with Gasteiger partial charge in [-0.25, -0.2) is 0 Å². The van der Waals surface area contributed by atoms with E-state index in [-0.39, 0.29) is 12.6 Å². The number of hydrogen-bond acceptors (Lipinski definition) is 3. The maximum atomic E-state index is 10.3. The summed E-state index contributed by atoms with van der Waals surface area (Å²) in [5, 5.41) is 15.3. The van der Waals surface area contributed by atoms with E-state index in [0.29, 0.717) is 0 Å². The first-order valence-electron chi connectivity index (χ1n) is 4.04. The molecule has 0 bridgehead atoms. The third kappa shape index (κ3) is 2.55. The fraction of sp³-hybridized carbons (Fsp3) is 0.500. The van der Waals surface area contributed by atoms with Crippen molar-refractivity contribution in [2.75, 3.05) is 6.54 Å². The van der Waals surface area contributed by atoms with Gasteiger partial charge >= 0.3 is 5.97 Å². The van der Waals surface area contributed by atoms with Crippen molar-refractivity contribution in [1.29, 1.82) is 0 Å². The number of carboxylic acids is 1. The van der Waals surface area contributed by atoms with Crippen LogP contribution in [0.15, 0.2) is 12.3 Å². The molecule has 0 spiro atoms. The van der Waals surface area contributed by atoms with Gasteiger partial charge in [0.05, 0.1) is 12.2 Å². The molecule has 1 aromatic rings. The first-order valence-corrected chi connectivity index (χ1v) is 4.04. The van der Waals surface area contributed by atoms with Crippen LogP contribution in [-0.2, 0) is 11.8 Å². The predicted octanol–water partition coefficient (Wildman–Crippen LogP) is 0.155. The molecule has 0 aliphatic rings. The smallest absolute Gasteiger partial charge is 0.317 e. The van der Waals surface area contributed by atoms with Gasteiger partial charge in [-0.05, 0) is 13.0 Å². The van der Waals surface area contributed by atoms with Crippen molar-refractivity contribution in [2.45, 2.75) is 13.0 Å². The van der Waals surface area contributed by atoms with Crippen LogP contribution in [0.5, 0.6) is 0 Å². The van der Waals surface area contributed by atoms with E-state index in [1.165, 1.54) is 0 Å². The van der Waals surface area contributed by atoms with Gasteiger partial charge in [-0.2, -0.15) is 5.10 Å². The van der Waals surface area contributed by atoms with Crippen LogP contribution in [0.25, 0.3) is 0 Å². The van der Waals surface area contributed by atoms with Crippen LogP contribution >= 0.6 is 0 Å². The van der Waals surface area contributed by atoms with E-state index in [4.69, 9.17) is 5.11 Å². The number of aromatic nitrogens is 2. The van der Waals surface area contributed by atoms with Crippen LogP contribution in [0.3, 0.4) is 0 Å². The van der Waals surface area contributed by atoms with E-state index in [2.05, 4.69) is 10.4 Å². The molecule has 1 rings (SSSR count). The third-order valence-electron chi connectivity index (χ3n) is 1.86. The Morgan fingerprint density at radius 1 is 1.85 bits per heavy atom. The molecule has 0 saturated carbocycles. The van der Waals surface area contributed by atoms with Crippen molar-refractivity contribution in [3.63, 3.8) is 0 Å². The van der Waals surface area contributed by atoms with Gasteiger partial charge < -0.3 is 5.11 Å². The van der Waals surface area contributed by atoms with Crippen molar-refractivity contribution in [1.82, 2.24) is 15.1 Å². The van der Waals surface area contributed by atoms with E-state index in [1.807, 2.05) is 20.0 Å². The molecule has 1 unspecified atom stereocenters. The Bertz CT molecular complexity index is 295. The minimum Gasteiger partial charge on any atom is -0.480 e. The fourth-order valence-corrected chi connectivity index (χ4v) is 1.15. The summed E-state index contributed by atoms with van der Waals surface area (Å²) in [4.78, 5) is 10.3. The molecule has 1 aromatic heterocycles. The lowest BCUT2D eigenvalue weighted by Crippen LogP contribution is -2.26. The summed E-state index contributed by atoms with van der Waals surface area (Å²) < 4.78 is 1.72. The fourth-order valence-electron chi connectivity index (χ4n) is 1.15. The number of nitrogens with one attached hydrogen (secondary N) is 1. The molecule has 72 valence electrons. The van der Waals surface area contributed by atoms with Crippen LogP contribution in [0.2, 0.25) is 0 Å². The molecule has 5 heteroatoms. The van der Waals surface area contributed by atoms with Gasteiger partial charge in [-0.15, -0.1) is 0 Å². The Morgan fingerprint density at radius 2 is 2.54 bits per heavy atom. The Labute approximate surface area is 76.4 Å². The summed E-state index contributed by atoms with van der Waals surface area (Å²) in [5.74, 6) is -0.853. The van der Waals surface area contributed by atoms with Crippen LogP contribution in [-0.4, -0.2) is 27.4 Å². The van der Waals surface area contributed by atoms with Gasteiger partial charge in [0.25, 0.3) is 0 Å². The molecule has 0 aliphatic heterocycles. The average molecular weight is 183 g/mol. The van der Waals surface area contributed by atoms with Crippen molar-refractivity contribution >= 4 is 5.97 Å². The number of aryl methyl sites for hydroxylation is 1. The van der Waals surface area contributed by atoms with E-state index < -0.39 is 5.97 Å². The lowest BCUT2D eigenvalue weighted by Gasteiger charge is -2.11. The summed E-state index contributed by atoms with van der Waals surface area (Å²) in [6.45, 7) is 1.87. The van der Waals surface area contributed by atoms with Gasteiger partial charge in [-0.1, -0.05) is 0 Å². The van der Waals surface area contributed by atoms with Crippen molar-refractivity contribution < 1.29 is 9.90 Å². The zero-order valence-corrected chi connectivity index (χ0v) is 7.69. The number of rotatable bonds is 4. The van der Waals surface area contributed by atoms with E-state index in [0.717, 1.165) is 5.69 Å². The molecule has 0 aromatic carbocycles. The quantitative estimate of drug-likeness (QED) is 0.697. The highest BCUT2D eigenvalue weighted by molar-refractivity contribution is 5.69. The van der Waals surface area contributed by atoms with Crippen molar-refractivity contribution in [3.05, 3.63) is 18.0 Å². The molecule has 1 atom stereocenters. The molecular weight excluding hydrogens is 170 g/mol. The topological polar surface area (TPSA) is 67.2 Å². The molecule has 0 aliphatic carbocycles. The normalized spacial score (nSPS) is 12.8. The van der Waals surface area contributed by atoms with Crippen molar-refractivity contribution in [3.8, 4) is 0 Å². The molecule has 0 saturated heterocycles. The van der Waals surface area contributed by atoms with Crippen LogP contribution in [0.1, 0.15) is 18.7 Å². The summed E-state index contributed by atoms with van der Waals surface area (Å²) >= 11 is 0. The van der Waals surface area contributed by atoms with Crippen LogP contribution in [0, 0.1) is 0 Å². The molecule has 2 N–H and O–H groups in total. The lowest BCUT2D eigenvalue weighted by atomic mass is 10.2. The monoisotopic (exact) mass is 183 g/mol. The van der Waals surface area contributed by atoms with E-state index in [9.17, 15) is 4.79 Å². The van der Waals surface area contributed by atoms with E-state index in [1.54, 1.807) is 10.9 Å². The zero-order valence-electron chi connectivity index (χ0n) is 7.69. The molecule has 0 fully saturated rings. The molecule has 0 amide bonds. The minimum atomic E-state index is -0.853. The third-order valence-corrected chi connectivity index (χ3v) is 1.86. The highest BCUT2D eigenvalue weighted by Crippen LogP contribution is 2.08. The highest BCUT2D eigenvalue weighted by Gasteiger charge is 2.09. The molecule has 5 nitrogen and oxygen atoms in total. The van der Waals surface area contributed by atoms with Gasteiger partial charge in [0, 0.05) is 19.3 Å². The maximum absolute atomic E-state index is 10.3. The molecule has 1 heterocycles. The van der Waals surface area contributed by atoms with Crippen LogP contribution in [0.4, 0.5) is 0 Å². The number of carbonyl (C=O) groups is 1. The van der Waals surface area contributed by atoms with Crippen molar-refractivity contribution in [2.24, 2.45) is 7.05 Å². The second-order valence-electron chi connectivity index (χ2n) is 2.88. The Hall–Kier alpha value is -1.36. The van der Waals surface area contributed by atoms with Gasteiger partial charge in [0.15, 0.2) is 0 Å². The standard InChI is InChI=1S/C8H13N3O2/c1-6(9-5-8(12)13)7-3-4-10-11(7)2/h3-4,6,9H,5H2,1-2H3,(H,12,13). The predicted molar refractivity (Wildman–Crippen MR) is 47.3 cm³/mol. The second kappa shape index (κ2) is 4.04. The molecule has 13 heavy (non-hydrogen) atoms. The molecular formula is C8H13N3O2.